The van der Waals surface area contributed by atoms with Crippen LogP contribution in [0, 0.1) is 0 Å². The van der Waals surface area contributed by atoms with Gasteiger partial charge in [-0.05, 0) is 11.1 Å². The summed E-state index contributed by atoms with van der Waals surface area (Å²) in [7, 11) is 0. The second-order valence-corrected chi connectivity index (χ2v) is 5.16. The number of hydrogen-bond acceptors (Lipinski definition) is 1. The predicted molar refractivity (Wildman–Crippen MR) is 80.0 cm³/mol. The first kappa shape index (κ1) is 12.2. The van der Waals surface area contributed by atoms with Gasteiger partial charge in [0, 0.05) is 25.0 Å². The zero-order valence-corrected chi connectivity index (χ0v) is 11.1. The molecule has 1 heteroatoms. The van der Waals surface area contributed by atoms with Gasteiger partial charge in [0.05, 0.1) is 0 Å². The summed E-state index contributed by atoms with van der Waals surface area (Å²) in [6.45, 7) is 6.14. The molecule has 0 N–H and O–H groups in total. The third-order valence-corrected chi connectivity index (χ3v) is 3.96. The maximum atomic E-state index is 4.01. The van der Waals surface area contributed by atoms with Crippen molar-refractivity contribution >= 4 is 0 Å². The average Bonchev–Trinajstić information content (AvgIpc) is 2.45. The summed E-state index contributed by atoms with van der Waals surface area (Å²) in [6.07, 6.45) is 2.09. The average molecular weight is 249 g/mol. The van der Waals surface area contributed by atoms with E-state index in [1.807, 2.05) is 0 Å². The minimum Gasteiger partial charge on any atom is -0.291 e. The van der Waals surface area contributed by atoms with E-state index in [0.29, 0.717) is 12.0 Å². The molecule has 2 aromatic carbocycles. The van der Waals surface area contributed by atoms with E-state index in [-0.39, 0.29) is 0 Å². The van der Waals surface area contributed by atoms with Gasteiger partial charge < -0.3 is 0 Å². The van der Waals surface area contributed by atoms with Crippen LogP contribution in [0.15, 0.2) is 73.3 Å². The lowest BCUT2D eigenvalue weighted by molar-refractivity contribution is 0.0846. The van der Waals surface area contributed by atoms with E-state index >= 15 is 0 Å². The van der Waals surface area contributed by atoms with Crippen LogP contribution in [0.3, 0.4) is 0 Å². The van der Waals surface area contributed by atoms with Crippen molar-refractivity contribution in [3.63, 3.8) is 0 Å². The molecule has 0 bridgehead atoms. The molecule has 1 heterocycles. The number of likely N-dealkylation sites (tertiary alicyclic amines) is 1. The highest BCUT2D eigenvalue weighted by atomic mass is 15.2. The maximum absolute atomic E-state index is 4.01. The lowest BCUT2D eigenvalue weighted by atomic mass is 9.82. The fraction of sp³-hybridized carbons (Fsp3) is 0.222. The normalized spacial score (nSPS) is 22.7. The molecular formula is C18H19N. The van der Waals surface area contributed by atoms with Crippen LogP contribution in [0.4, 0.5) is 0 Å². The molecule has 1 aliphatic heterocycles. The van der Waals surface area contributed by atoms with Gasteiger partial charge in [0.15, 0.2) is 0 Å². The third kappa shape index (κ3) is 2.47. The Hall–Kier alpha value is -1.86. The summed E-state index contributed by atoms with van der Waals surface area (Å²) < 4.78 is 0. The minimum absolute atomic E-state index is 0.461. The molecule has 96 valence electrons. The number of benzene rings is 2. The van der Waals surface area contributed by atoms with Crippen LogP contribution < -0.4 is 0 Å². The molecule has 0 aromatic heterocycles. The summed E-state index contributed by atoms with van der Waals surface area (Å²) in [5.41, 5.74) is 2.80. The summed E-state index contributed by atoms with van der Waals surface area (Å²) >= 11 is 0. The molecule has 0 spiro atoms. The first-order chi connectivity index (χ1) is 9.38. The number of rotatable bonds is 4. The summed E-state index contributed by atoms with van der Waals surface area (Å²) in [5, 5.41) is 0. The zero-order chi connectivity index (χ0) is 13.1. The quantitative estimate of drug-likeness (QED) is 0.744. The first-order valence-corrected chi connectivity index (χ1v) is 6.84. The van der Waals surface area contributed by atoms with Crippen LogP contribution in [0.5, 0.6) is 0 Å². The van der Waals surface area contributed by atoms with Crippen molar-refractivity contribution in [3.8, 4) is 0 Å². The highest BCUT2D eigenvalue weighted by Crippen LogP contribution is 2.35. The van der Waals surface area contributed by atoms with Crippen LogP contribution in [0.1, 0.15) is 17.0 Å². The molecular weight excluding hydrogens is 230 g/mol. The van der Waals surface area contributed by atoms with Gasteiger partial charge in [-0.2, -0.15) is 0 Å². The van der Waals surface area contributed by atoms with E-state index in [1.165, 1.54) is 11.1 Å². The van der Waals surface area contributed by atoms with Crippen LogP contribution in [0.25, 0.3) is 0 Å². The van der Waals surface area contributed by atoms with Gasteiger partial charge in [-0.3, -0.25) is 4.90 Å². The monoisotopic (exact) mass is 249 g/mol. The Labute approximate surface area is 115 Å². The number of hydrogen-bond donors (Lipinski definition) is 0. The van der Waals surface area contributed by atoms with Crippen molar-refractivity contribution in [2.45, 2.75) is 18.5 Å². The Balaban J connectivity index is 1.69. The molecule has 1 fully saturated rings. The van der Waals surface area contributed by atoms with E-state index in [2.05, 4.69) is 78.2 Å². The number of nitrogens with zero attached hydrogens (tertiary/aromatic N) is 1. The van der Waals surface area contributed by atoms with Gasteiger partial charge in [0.25, 0.3) is 0 Å². The molecule has 19 heavy (non-hydrogen) atoms. The second-order valence-electron chi connectivity index (χ2n) is 5.16. The minimum atomic E-state index is 0.461. The lowest BCUT2D eigenvalue weighted by Gasteiger charge is -2.47. The first-order valence-electron chi connectivity index (χ1n) is 6.84. The van der Waals surface area contributed by atoms with Crippen molar-refractivity contribution in [2.24, 2.45) is 0 Å². The van der Waals surface area contributed by atoms with E-state index in [4.69, 9.17) is 0 Å². The molecule has 0 radical (unpaired) electrons. The van der Waals surface area contributed by atoms with Crippen LogP contribution in [-0.2, 0) is 6.54 Å². The van der Waals surface area contributed by atoms with Gasteiger partial charge in [0.1, 0.15) is 0 Å². The summed E-state index contributed by atoms with van der Waals surface area (Å²) in [6, 6.07) is 21.9. The largest absolute Gasteiger partial charge is 0.291 e. The van der Waals surface area contributed by atoms with Crippen molar-refractivity contribution in [1.82, 2.24) is 4.90 Å². The van der Waals surface area contributed by atoms with Crippen molar-refractivity contribution in [3.05, 3.63) is 84.4 Å². The molecule has 1 nitrogen and oxygen atoms in total. The third-order valence-electron chi connectivity index (χ3n) is 3.96. The molecule has 1 saturated heterocycles. The standard InChI is InChI=1S/C18H19N/c1-2-18-17(16-11-7-4-8-12-16)14-19(18)13-15-9-5-3-6-10-15/h2-12,17-18H,1,13-14H2. The molecule has 2 unspecified atom stereocenters. The van der Waals surface area contributed by atoms with Gasteiger partial charge >= 0.3 is 0 Å². The van der Waals surface area contributed by atoms with E-state index in [9.17, 15) is 0 Å². The Kier molecular flexibility index (Phi) is 3.47. The molecule has 1 aliphatic rings. The van der Waals surface area contributed by atoms with Gasteiger partial charge in [-0.1, -0.05) is 66.7 Å². The Morgan fingerprint density at radius 1 is 1.00 bits per heavy atom. The smallest absolute Gasteiger partial charge is 0.0360 e. The molecule has 2 aromatic rings. The van der Waals surface area contributed by atoms with Crippen molar-refractivity contribution in [2.75, 3.05) is 6.54 Å². The maximum Gasteiger partial charge on any atom is 0.0360 e. The van der Waals surface area contributed by atoms with Crippen LogP contribution in [0.2, 0.25) is 0 Å². The molecule has 3 rings (SSSR count). The fourth-order valence-electron chi connectivity index (χ4n) is 2.90. The van der Waals surface area contributed by atoms with Crippen molar-refractivity contribution in [1.29, 1.82) is 0 Å². The second kappa shape index (κ2) is 5.41. The van der Waals surface area contributed by atoms with Crippen LogP contribution in [-0.4, -0.2) is 17.5 Å². The molecule has 0 saturated carbocycles. The van der Waals surface area contributed by atoms with Gasteiger partial charge in [-0.15, -0.1) is 6.58 Å². The highest BCUT2D eigenvalue weighted by Gasteiger charge is 2.37. The molecule has 0 amide bonds. The topological polar surface area (TPSA) is 3.24 Å². The zero-order valence-electron chi connectivity index (χ0n) is 11.1. The summed E-state index contributed by atoms with van der Waals surface area (Å²) in [5.74, 6) is 0.599. The van der Waals surface area contributed by atoms with Gasteiger partial charge in [0.2, 0.25) is 0 Å². The highest BCUT2D eigenvalue weighted by molar-refractivity contribution is 5.28. The van der Waals surface area contributed by atoms with E-state index in [0.717, 1.165) is 13.1 Å². The summed E-state index contributed by atoms with van der Waals surface area (Å²) in [4.78, 5) is 2.49. The van der Waals surface area contributed by atoms with Crippen molar-refractivity contribution < 1.29 is 0 Å². The van der Waals surface area contributed by atoms with Crippen LogP contribution >= 0.6 is 0 Å². The Morgan fingerprint density at radius 2 is 1.63 bits per heavy atom. The molecule has 2 atom stereocenters. The Morgan fingerprint density at radius 3 is 2.26 bits per heavy atom. The SMILES string of the molecule is C=CC1C(c2ccccc2)CN1Cc1ccccc1. The predicted octanol–water partition coefficient (Wildman–Crippen LogP) is 3.84. The van der Waals surface area contributed by atoms with E-state index in [1.54, 1.807) is 0 Å². The van der Waals surface area contributed by atoms with E-state index < -0.39 is 0 Å². The van der Waals surface area contributed by atoms with Gasteiger partial charge in [-0.25, -0.2) is 0 Å². The molecule has 0 aliphatic carbocycles. The lowest BCUT2D eigenvalue weighted by Crippen LogP contribution is -2.52. The Bertz CT molecular complexity index is 532. The fourth-order valence-corrected chi connectivity index (χ4v) is 2.90.